The molecule has 0 spiro atoms. The Hall–Kier alpha value is -1.88. The zero-order valence-corrected chi connectivity index (χ0v) is 11.0. The number of hydrogen-bond donors (Lipinski definition) is 3. The van der Waals surface area contributed by atoms with Crippen molar-refractivity contribution in [1.82, 2.24) is 20.6 Å². The summed E-state index contributed by atoms with van der Waals surface area (Å²) < 4.78 is 0. The first-order valence-electron chi connectivity index (χ1n) is 6.58. The minimum atomic E-state index is -0.160. The summed E-state index contributed by atoms with van der Waals surface area (Å²) in [6.07, 6.45) is 3.65. The third-order valence-electron chi connectivity index (χ3n) is 3.79. The van der Waals surface area contributed by atoms with Crippen LogP contribution < -0.4 is 10.6 Å². The van der Waals surface area contributed by atoms with Crippen LogP contribution in [0.25, 0.3) is 11.0 Å². The van der Waals surface area contributed by atoms with Gasteiger partial charge in [-0.15, -0.1) is 0 Å². The molecular weight excluding hydrogens is 240 g/mol. The van der Waals surface area contributed by atoms with E-state index in [9.17, 15) is 4.79 Å². The zero-order chi connectivity index (χ0) is 13.3. The number of benzene rings is 1. The van der Waals surface area contributed by atoms with Crippen LogP contribution in [0, 0.1) is 5.41 Å². The fourth-order valence-electron chi connectivity index (χ4n) is 2.44. The molecule has 1 aromatic heterocycles. The molecule has 1 saturated carbocycles. The van der Waals surface area contributed by atoms with Gasteiger partial charge in [-0.05, 0) is 37.6 Å². The molecule has 0 saturated heterocycles. The van der Waals surface area contributed by atoms with E-state index in [2.05, 4.69) is 20.6 Å². The van der Waals surface area contributed by atoms with Gasteiger partial charge in [0.2, 0.25) is 5.91 Å². The van der Waals surface area contributed by atoms with Crippen LogP contribution in [-0.2, 0) is 11.3 Å². The maximum atomic E-state index is 12.1. The van der Waals surface area contributed by atoms with Crippen LogP contribution in [-0.4, -0.2) is 29.5 Å². The molecule has 0 unspecified atom stereocenters. The highest BCUT2D eigenvalue weighted by molar-refractivity contribution is 5.85. The van der Waals surface area contributed by atoms with Gasteiger partial charge in [0.25, 0.3) is 0 Å². The molecule has 0 aliphatic heterocycles. The van der Waals surface area contributed by atoms with Gasteiger partial charge in [0.1, 0.15) is 0 Å². The van der Waals surface area contributed by atoms with Gasteiger partial charge in [-0.25, -0.2) is 4.98 Å². The van der Waals surface area contributed by atoms with Crippen molar-refractivity contribution >= 4 is 16.9 Å². The maximum absolute atomic E-state index is 12.1. The second kappa shape index (κ2) is 4.66. The minimum absolute atomic E-state index is 0.159. The van der Waals surface area contributed by atoms with Crippen LogP contribution in [0.2, 0.25) is 0 Å². The van der Waals surface area contributed by atoms with Gasteiger partial charge in [0.15, 0.2) is 0 Å². The van der Waals surface area contributed by atoms with Gasteiger partial charge >= 0.3 is 0 Å². The van der Waals surface area contributed by atoms with Crippen LogP contribution in [0.1, 0.15) is 18.4 Å². The molecule has 0 bridgehead atoms. The van der Waals surface area contributed by atoms with Crippen molar-refractivity contribution in [1.29, 1.82) is 0 Å². The molecule has 1 aliphatic carbocycles. The monoisotopic (exact) mass is 258 g/mol. The fraction of sp³-hybridized carbons (Fsp3) is 0.429. The van der Waals surface area contributed by atoms with Gasteiger partial charge in [-0.2, -0.15) is 0 Å². The summed E-state index contributed by atoms with van der Waals surface area (Å²) >= 11 is 0. The maximum Gasteiger partial charge on any atom is 0.227 e. The Labute approximate surface area is 111 Å². The van der Waals surface area contributed by atoms with E-state index in [1.165, 1.54) is 0 Å². The summed E-state index contributed by atoms with van der Waals surface area (Å²) in [6.45, 7) is 1.33. The summed E-state index contributed by atoms with van der Waals surface area (Å²) in [6, 6.07) is 6.00. The first kappa shape index (κ1) is 12.2. The summed E-state index contributed by atoms with van der Waals surface area (Å²) in [4.78, 5) is 19.4. The lowest BCUT2D eigenvalue weighted by atomic mass is 10.1. The third kappa shape index (κ3) is 2.33. The second-order valence-corrected chi connectivity index (χ2v) is 5.25. The highest BCUT2D eigenvalue weighted by atomic mass is 16.2. The average molecular weight is 258 g/mol. The smallest absolute Gasteiger partial charge is 0.227 e. The second-order valence-electron chi connectivity index (χ2n) is 5.25. The SMILES string of the molecule is CNCC1(C(=O)NCc2ccc3nc[nH]c3c2)CC1. The molecule has 1 heterocycles. The van der Waals surface area contributed by atoms with Gasteiger partial charge in [0.05, 0.1) is 22.8 Å². The van der Waals surface area contributed by atoms with E-state index >= 15 is 0 Å². The van der Waals surface area contributed by atoms with Crippen LogP contribution in [0.4, 0.5) is 0 Å². The topological polar surface area (TPSA) is 69.8 Å². The Kier molecular flexibility index (Phi) is 2.98. The van der Waals surface area contributed by atoms with E-state index < -0.39 is 0 Å². The molecule has 0 radical (unpaired) electrons. The molecule has 1 fully saturated rings. The number of rotatable bonds is 5. The van der Waals surface area contributed by atoms with Crippen molar-refractivity contribution in [3.05, 3.63) is 30.1 Å². The minimum Gasteiger partial charge on any atom is -0.352 e. The van der Waals surface area contributed by atoms with E-state index in [1.807, 2.05) is 25.2 Å². The zero-order valence-electron chi connectivity index (χ0n) is 11.0. The van der Waals surface area contributed by atoms with E-state index in [4.69, 9.17) is 0 Å². The van der Waals surface area contributed by atoms with Crippen molar-refractivity contribution in [2.75, 3.05) is 13.6 Å². The quantitative estimate of drug-likeness (QED) is 0.754. The number of nitrogens with zero attached hydrogens (tertiary/aromatic N) is 1. The molecule has 1 amide bonds. The van der Waals surface area contributed by atoms with Crippen LogP contribution >= 0.6 is 0 Å². The fourth-order valence-corrected chi connectivity index (χ4v) is 2.44. The number of imidazole rings is 1. The molecule has 3 rings (SSSR count). The highest BCUT2D eigenvalue weighted by Crippen LogP contribution is 2.45. The van der Waals surface area contributed by atoms with Crippen LogP contribution in [0.5, 0.6) is 0 Å². The summed E-state index contributed by atoms with van der Waals surface area (Å²) in [5.41, 5.74) is 2.88. The molecule has 5 heteroatoms. The molecule has 5 nitrogen and oxygen atoms in total. The van der Waals surface area contributed by atoms with Crippen molar-refractivity contribution < 1.29 is 4.79 Å². The van der Waals surface area contributed by atoms with Gasteiger partial charge in [0, 0.05) is 13.1 Å². The summed E-state index contributed by atoms with van der Waals surface area (Å²) in [5.74, 6) is 0.159. The van der Waals surface area contributed by atoms with E-state index in [1.54, 1.807) is 6.33 Å². The number of H-pyrrole nitrogens is 1. The van der Waals surface area contributed by atoms with Gasteiger partial charge < -0.3 is 15.6 Å². The number of hydrogen-bond acceptors (Lipinski definition) is 3. The highest BCUT2D eigenvalue weighted by Gasteiger charge is 2.48. The molecule has 19 heavy (non-hydrogen) atoms. The molecular formula is C14H18N4O. The first-order chi connectivity index (χ1) is 9.23. The number of aromatic nitrogens is 2. The number of fused-ring (bicyclic) bond motifs is 1. The number of carbonyl (C=O) groups excluding carboxylic acids is 1. The molecule has 1 aliphatic rings. The van der Waals surface area contributed by atoms with E-state index in [0.717, 1.165) is 36.0 Å². The Morgan fingerprint density at radius 1 is 1.47 bits per heavy atom. The largest absolute Gasteiger partial charge is 0.352 e. The molecule has 100 valence electrons. The molecule has 1 aromatic carbocycles. The number of aromatic amines is 1. The Balaban J connectivity index is 1.64. The van der Waals surface area contributed by atoms with Gasteiger partial charge in [-0.1, -0.05) is 6.07 Å². The molecule has 0 atom stereocenters. The lowest BCUT2D eigenvalue weighted by Crippen LogP contribution is -2.37. The normalized spacial score (nSPS) is 16.5. The molecule has 3 N–H and O–H groups in total. The standard InChI is InChI=1S/C14H18N4O/c1-15-8-14(4-5-14)13(19)16-7-10-2-3-11-12(6-10)18-9-17-11/h2-3,6,9,15H,4-5,7-8H2,1H3,(H,16,19)(H,17,18). The van der Waals surface area contributed by atoms with Crippen molar-refractivity contribution in [3.8, 4) is 0 Å². The van der Waals surface area contributed by atoms with Crippen molar-refractivity contribution in [2.45, 2.75) is 19.4 Å². The van der Waals surface area contributed by atoms with Crippen molar-refractivity contribution in [3.63, 3.8) is 0 Å². The van der Waals surface area contributed by atoms with E-state index in [-0.39, 0.29) is 11.3 Å². The average Bonchev–Trinajstić information content (AvgIpc) is 3.05. The van der Waals surface area contributed by atoms with Crippen LogP contribution in [0.3, 0.4) is 0 Å². The predicted molar refractivity (Wildman–Crippen MR) is 73.5 cm³/mol. The Morgan fingerprint density at radius 3 is 3.05 bits per heavy atom. The summed E-state index contributed by atoms with van der Waals surface area (Å²) in [7, 11) is 1.89. The third-order valence-corrected chi connectivity index (χ3v) is 3.79. The number of nitrogens with one attached hydrogen (secondary N) is 3. The number of carbonyl (C=O) groups is 1. The van der Waals surface area contributed by atoms with Gasteiger partial charge in [-0.3, -0.25) is 4.79 Å². The van der Waals surface area contributed by atoms with Crippen LogP contribution in [0.15, 0.2) is 24.5 Å². The lowest BCUT2D eigenvalue weighted by molar-refractivity contribution is -0.126. The first-order valence-corrected chi connectivity index (χ1v) is 6.58. The molecule has 2 aromatic rings. The Bertz CT molecular complexity index is 600. The Morgan fingerprint density at radius 2 is 2.32 bits per heavy atom. The van der Waals surface area contributed by atoms with Crippen molar-refractivity contribution in [2.24, 2.45) is 5.41 Å². The lowest BCUT2D eigenvalue weighted by Gasteiger charge is -2.14. The van der Waals surface area contributed by atoms with E-state index in [0.29, 0.717) is 6.54 Å². The predicted octanol–water partition coefficient (Wildman–Crippen LogP) is 1.18. The number of amides is 1. The summed E-state index contributed by atoms with van der Waals surface area (Å²) in [5, 5.41) is 6.13.